The third kappa shape index (κ3) is 38.0. The van der Waals surface area contributed by atoms with Crippen LogP contribution in [0.3, 0.4) is 0 Å². The Hall–Kier alpha value is -2.07. The summed E-state index contributed by atoms with van der Waals surface area (Å²) >= 11 is 0. The first kappa shape index (κ1) is 50.9. The number of aliphatic hydroxyl groups is 2. The largest absolute Gasteiger partial charge is 0.472 e. The Kier molecular flexibility index (Phi) is 36.7. The van der Waals surface area contributed by atoms with Gasteiger partial charge in [-0.25, -0.2) is 4.57 Å². The third-order valence-corrected chi connectivity index (χ3v) is 9.45. The molecule has 0 bridgehead atoms. The molecule has 0 fully saturated rings. The fraction of sp³-hybridized carbons (Fsp3) is 0.762. The summed E-state index contributed by atoms with van der Waals surface area (Å²) in [5, 5.41) is 18.3. The minimum atomic E-state index is -4.62. The summed E-state index contributed by atoms with van der Waals surface area (Å²) in [6.45, 7) is 2.23. The average Bonchev–Trinajstić information content (AvgIpc) is 3.14. The van der Waals surface area contributed by atoms with Crippen molar-refractivity contribution in [2.24, 2.45) is 0 Å². The molecule has 0 saturated heterocycles. The summed E-state index contributed by atoms with van der Waals surface area (Å²) in [6.07, 6.45) is 39.3. The van der Waals surface area contributed by atoms with E-state index in [9.17, 15) is 24.2 Å². The van der Waals surface area contributed by atoms with Gasteiger partial charge in [0.15, 0.2) is 6.10 Å². The van der Waals surface area contributed by atoms with Crippen LogP contribution in [0.2, 0.25) is 0 Å². The SMILES string of the molecule is CCC=CCC=CCC=CCC=CCCCCCCC(=O)OC(COC(=O)CCCCCCCCCCCCCCC)COP(=O)(O)OCC(O)CO. The van der Waals surface area contributed by atoms with Gasteiger partial charge in [0, 0.05) is 12.8 Å². The molecule has 0 aromatic rings. The highest BCUT2D eigenvalue weighted by Gasteiger charge is 2.27. The Morgan fingerprint density at radius 2 is 1.04 bits per heavy atom. The number of carbonyl (C=O) groups is 2. The highest BCUT2D eigenvalue weighted by atomic mass is 31.2. The molecular formula is C42H75O10P. The molecule has 0 aliphatic heterocycles. The second-order valence-electron chi connectivity index (χ2n) is 13.6. The van der Waals surface area contributed by atoms with Crippen molar-refractivity contribution in [2.45, 2.75) is 180 Å². The number of unbranched alkanes of at least 4 members (excludes halogenated alkanes) is 16. The zero-order chi connectivity index (χ0) is 39.1. The van der Waals surface area contributed by atoms with Crippen molar-refractivity contribution >= 4 is 19.8 Å². The Balaban J connectivity index is 4.37. The topological polar surface area (TPSA) is 149 Å². The predicted octanol–water partition coefficient (Wildman–Crippen LogP) is 10.6. The smallest absolute Gasteiger partial charge is 0.462 e. The number of carbonyl (C=O) groups excluding carboxylic acids is 2. The van der Waals surface area contributed by atoms with Gasteiger partial charge in [0.1, 0.15) is 12.7 Å². The van der Waals surface area contributed by atoms with Crippen LogP contribution in [0.1, 0.15) is 168 Å². The molecule has 308 valence electrons. The van der Waals surface area contributed by atoms with E-state index in [2.05, 4.69) is 67.0 Å². The number of phosphoric acid groups is 1. The lowest BCUT2D eigenvalue weighted by atomic mass is 10.0. The summed E-state index contributed by atoms with van der Waals surface area (Å²) in [4.78, 5) is 34.9. The summed E-state index contributed by atoms with van der Waals surface area (Å²) in [6, 6.07) is 0. The van der Waals surface area contributed by atoms with Crippen molar-refractivity contribution in [3.05, 3.63) is 48.6 Å². The van der Waals surface area contributed by atoms with Gasteiger partial charge >= 0.3 is 19.8 Å². The van der Waals surface area contributed by atoms with E-state index in [1.165, 1.54) is 57.8 Å². The first-order valence-electron chi connectivity index (χ1n) is 20.6. The molecule has 10 nitrogen and oxygen atoms in total. The van der Waals surface area contributed by atoms with Crippen LogP contribution in [-0.2, 0) is 32.7 Å². The van der Waals surface area contributed by atoms with Crippen molar-refractivity contribution in [3.63, 3.8) is 0 Å². The molecule has 53 heavy (non-hydrogen) atoms. The van der Waals surface area contributed by atoms with E-state index in [-0.39, 0.29) is 19.4 Å². The quantitative estimate of drug-likeness (QED) is 0.0240. The van der Waals surface area contributed by atoms with Gasteiger partial charge in [-0.1, -0.05) is 152 Å². The molecule has 0 saturated carbocycles. The second-order valence-corrected chi connectivity index (χ2v) is 15.1. The molecule has 0 spiro atoms. The lowest BCUT2D eigenvalue weighted by Crippen LogP contribution is -2.29. The van der Waals surface area contributed by atoms with Crippen LogP contribution in [0.15, 0.2) is 48.6 Å². The minimum Gasteiger partial charge on any atom is -0.462 e. The fourth-order valence-corrected chi connectivity index (χ4v) is 6.13. The van der Waals surface area contributed by atoms with Gasteiger partial charge in [0.2, 0.25) is 0 Å². The zero-order valence-electron chi connectivity index (χ0n) is 33.2. The van der Waals surface area contributed by atoms with Gasteiger partial charge in [-0.3, -0.25) is 18.6 Å². The number of phosphoric ester groups is 1. The monoisotopic (exact) mass is 771 g/mol. The lowest BCUT2D eigenvalue weighted by molar-refractivity contribution is -0.161. The van der Waals surface area contributed by atoms with Gasteiger partial charge < -0.3 is 24.6 Å². The maximum atomic E-state index is 12.6. The first-order valence-corrected chi connectivity index (χ1v) is 22.1. The van der Waals surface area contributed by atoms with Crippen LogP contribution < -0.4 is 0 Å². The zero-order valence-corrected chi connectivity index (χ0v) is 34.1. The molecule has 0 rings (SSSR count). The average molecular weight is 771 g/mol. The van der Waals surface area contributed by atoms with Gasteiger partial charge in [0.25, 0.3) is 0 Å². The number of rotatable bonds is 38. The van der Waals surface area contributed by atoms with Crippen LogP contribution in [0.5, 0.6) is 0 Å². The van der Waals surface area contributed by atoms with E-state index >= 15 is 0 Å². The highest BCUT2D eigenvalue weighted by Crippen LogP contribution is 2.43. The summed E-state index contributed by atoms with van der Waals surface area (Å²) in [5.74, 6) is -0.952. The second kappa shape index (κ2) is 38.2. The summed E-state index contributed by atoms with van der Waals surface area (Å²) in [5.41, 5.74) is 0. The maximum absolute atomic E-state index is 12.6. The van der Waals surface area contributed by atoms with Gasteiger partial charge in [-0.15, -0.1) is 0 Å². The Labute approximate surface area is 322 Å². The molecular weight excluding hydrogens is 695 g/mol. The lowest BCUT2D eigenvalue weighted by Gasteiger charge is -2.20. The molecule has 3 atom stereocenters. The Morgan fingerprint density at radius 1 is 0.585 bits per heavy atom. The van der Waals surface area contributed by atoms with Crippen molar-refractivity contribution in [1.82, 2.24) is 0 Å². The molecule has 3 unspecified atom stereocenters. The van der Waals surface area contributed by atoms with Crippen LogP contribution in [0, 0.1) is 0 Å². The van der Waals surface area contributed by atoms with E-state index in [0.717, 1.165) is 70.6 Å². The van der Waals surface area contributed by atoms with Crippen molar-refractivity contribution < 1.29 is 47.8 Å². The molecule has 0 aromatic carbocycles. The molecule has 0 aliphatic rings. The van der Waals surface area contributed by atoms with Crippen molar-refractivity contribution in [1.29, 1.82) is 0 Å². The molecule has 0 aliphatic carbocycles. The maximum Gasteiger partial charge on any atom is 0.472 e. The van der Waals surface area contributed by atoms with E-state index in [4.69, 9.17) is 19.1 Å². The predicted molar refractivity (Wildman–Crippen MR) is 214 cm³/mol. The van der Waals surface area contributed by atoms with Crippen LogP contribution >= 0.6 is 7.82 Å². The normalized spacial score (nSPS) is 14.4. The van der Waals surface area contributed by atoms with Gasteiger partial charge in [0.05, 0.1) is 19.8 Å². The Morgan fingerprint density at radius 3 is 1.57 bits per heavy atom. The van der Waals surface area contributed by atoms with Crippen LogP contribution in [-0.4, -0.2) is 65.7 Å². The van der Waals surface area contributed by atoms with E-state index < -0.39 is 51.8 Å². The third-order valence-electron chi connectivity index (χ3n) is 8.50. The number of hydrogen-bond donors (Lipinski definition) is 3. The highest BCUT2D eigenvalue weighted by molar-refractivity contribution is 7.47. The van der Waals surface area contributed by atoms with Gasteiger partial charge in [-0.05, 0) is 51.4 Å². The van der Waals surface area contributed by atoms with Crippen molar-refractivity contribution in [3.8, 4) is 0 Å². The Bertz CT molecular complexity index is 1030. The molecule has 11 heteroatoms. The number of ether oxygens (including phenoxy) is 2. The van der Waals surface area contributed by atoms with E-state index in [0.29, 0.717) is 12.8 Å². The summed E-state index contributed by atoms with van der Waals surface area (Å²) in [7, 11) is -4.62. The molecule has 0 amide bonds. The fourth-order valence-electron chi connectivity index (χ4n) is 5.34. The van der Waals surface area contributed by atoms with Crippen molar-refractivity contribution in [2.75, 3.05) is 26.4 Å². The molecule has 0 radical (unpaired) electrons. The number of allylic oxidation sites excluding steroid dienone is 8. The number of aliphatic hydroxyl groups excluding tert-OH is 2. The van der Waals surface area contributed by atoms with Gasteiger partial charge in [-0.2, -0.15) is 0 Å². The molecule has 0 heterocycles. The van der Waals surface area contributed by atoms with E-state index in [1.807, 2.05) is 0 Å². The minimum absolute atomic E-state index is 0.156. The summed E-state index contributed by atoms with van der Waals surface area (Å²) < 4.78 is 32.6. The standard InChI is InChI=1S/C42H75O10P/c1-3-5-7-9-11-13-15-17-18-19-20-22-24-26-28-30-32-34-42(46)52-40(38-51-53(47,48)50-36-39(44)35-43)37-49-41(45)33-31-29-27-25-23-21-16-14-12-10-8-6-4-2/h5,7,11,13,17-18,20,22,39-40,43-44H,3-4,6,8-10,12,14-16,19,21,23-38H2,1-2H3,(H,47,48). The van der Waals surface area contributed by atoms with E-state index in [1.54, 1.807) is 0 Å². The number of esters is 2. The molecule has 0 aromatic heterocycles. The van der Waals surface area contributed by atoms with Crippen LogP contribution in [0.25, 0.3) is 0 Å². The molecule has 3 N–H and O–H groups in total. The van der Waals surface area contributed by atoms with Crippen LogP contribution in [0.4, 0.5) is 0 Å². The first-order chi connectivity index (χ1) is 25.7. The number of hydrogen-bond acceptors (Lipinski definition) is 9.